The summed E-state index contributed by atoms with van der Waals surface area (Å²) >= 11 is 1.20. The molecule has 1 saturated heterocycles. The molecule has 126 valence electrons. The fourth-order valence-electron chi connectivity index (χ4n) is 4.31. The van der Waals surface area contributed by atoms with E-state index in [9.17, 15) is 14.4 Å². The minimum Gasteiger partial charge on any atom is -0.299 e. The fourth-order valence-corrected chi connectivity index (χ4v) is 4.75. The second-order valence-corrected chi connectivity index (χ2v) is 7.38. The molecule has 0 aromatic carbocycles. The van der Waals surface area contributed by atoms with E-state index in [0.29, 0.717) is 11.6 Å². The second kappa shape index (κ2) is 5.77. The Balaban J connectivity index is 1.59. The maximum atomic E-state index is 12.9. The second-order valence-electron chi connectivity index (χ2n) is 6.55. The molecule has 7 nitrogen and oxygen atoms in total. The van der Waals surface area contributed by atoms with Crippen LogP contribution < -0.4 is 5.32 Å². The van der Waals surface area contributed by atoms with E-state index in [1.54, 1.807) is 6.92 Å². The molecule has 3 aliphatic carbocycles. The Bertz CT molecular complexity index is 685. The predicted octanol–water partition coefficient (Wildman–Crippen LogP) is 1.45. The molecule has 1 N–H and O–H groups in total. The van der Waals surface area contributed by atoms with Gasteiger partial charge in [0.15, 0.2) is 0 Å². The van der Waals surface area contributed by atoms with Crippen molar-refractivity contribution in [1.82, 2.24) is 15.1 Å². The van der Waals surface area contributed by atoms with E-state index in [4.69, 9.17) is 0 Å². The topological polar surface area (TPSA) is 92.3 Å². The van der Waals surface area contributed by atoms with E-state index < -0.39 is 6.04 Å². The van der Waals surface area contributed by atoms with Crippen LogP contribution in [-0.2, 0) is 14.4 Å². The third kappa shape index (κ3) is 2.20. The molecule has 1 aromatic heterocycles. The summed E-state index contributed by atoms with van der Waals surface area (Å²) in [5, 5.41) is 10.5. The number of carbonyl (C=O) groups is 3. The average Bonchev–Trinajstić information content (AvgIpc) is 3.19. The van der Waals surface area contributed by atoms with Gasteiger partial charge in [0.2, 0.25) is 22.9 Å². The van der Waals surface area contributed by atoms with E-state index >= 15 is 0 Å². The van der Waals surface area contributed by atoms with Gasteiger partial charge in [-0.25, -0.2) is 0 Å². The zero-order valence-corrected chi connectivity index (χ0v) is 14.0. The Kier molecular flexibility index (Phi) is 3.71. The quantitative estimate of drug-likeness (QED) is 0.658. The summed E-state index contributed by atoms with van der Waals surface area (Å²) in [4.78, 5) is 39.6. The standard InChI is InChI=1S/C16H18N4O3S/c1-2-10(13(21)18-16-19-17-7-24-16)20-14(22)11-8-3-4-9(6-5-8)12(11)15(20)23/h3-4,7-12H,2,5-6H2,1H3,(H,18,19,21)/t8-,9-,10-,11-,12+/m0/s1. The average molecular weight is 346 g/mol. The predicted molar refractivity (Wildman–Crippen MR) is 86.8 cm³/mol. The molecule has 5 atom stereocenters. The molecule has 2 heterocycles. The van der Waals surface area contributed by atoms with Crippen molar-refractivity contribution in [3.63, 3.8) is 0 Å². The van der Waals surface area contributed by atoms with Gasteiger partial charge >= 0.3 is 0 Å². The van der Waals surface area contributed by atoms with Gasteiger partial charge in [-0.1, -0.05) is 30.4 Å². The summed E-state index contributed by atoms with van der Waals surface area (Å²) in [5.41, 5.74) is 1.51. The van der Waals surface area contributed by atoms with Gasteiger partial charge in [-0.3, -0.25) is 24.6 Å². The van der Waals surface area contributed by atoms with E-state index in [2.05, 4.69) is 27.7 Å². The number of hydrogen-bond donors (Lipinski definition) is 1. The van der Waals surface area contributed by atoms with E-state index in [-0.39, 0.29) is 41.4 Å². The molecule has 3 amide bonds. The minimum absolute atomic E-state index is 0.130. The van der Waals surface area contributed by atoms with Crippen LogP contribution in [0.5, 0.6) is 0 Å². The van der Waals surface area contributed by atoms with E-state index in [1.807, 2.05) is 0 Å². The van der Waals surface area contributed by atoms with Crippen molar-refractivity contribution in [1.29, 1.82) is 0 Å². The van der Waals surface area contributed by atoms with Crippen molar-refractivity contribution in [3.05, 3.63) is 17.7 Å². The molecule has 1 saturated carbocycles. The van der Waals surface area contributed by atoms with E-state index in [1.165, 1.54) is 21.7 Å². The molecular formula is C16H18N4O3S. The Morgan fingerprint density at radius 3 is 2.38 bits per heavy atom. The number of likely N-dealkylation sites (tertiary alicyclic amines) is 1. The van der Waals surface area contributed by atoms with Gasteiger partial charge in [0, 0.05) is 0 Å². The molecule has 2 fully saturated rings. The molecule has 8 heteroatoms. The molecule has 0 radical (unpaired) electrons. The number of allylic oxidation sites excluding steroid dienone is 2. The van der Waals surface area contributed by atoms with Gasteiger partial charge in [-0.2, -0.15) is 0 Å². The lowest BCUT2D eigenvalue weighted by Crippen LogP contribution is -2.47. The van der Waals surface area contributed by atoms with Crippen molar-refractivity contribution < 1.29 is 14.4 Å². The largest absolute Gasteiger partial charge is 0.299 e. The molecule has 1 aliphatic heterocycles. The number of rotatable bonds is 4. The number of aromatic nitrogens is 2. The zero-order chi connectivity index (χ0) is 16.8. The minimum atomic E-state index is -0.793. The molecule has 0 spiro atoms. The first-order chi connectivity index (χ1) is 11.6. The Morgan fingerprint density at radius 2 is 1.92 bits per heavy atom. The fraction of sp³-hybridized carbons (Fsp3) is 0.562. The molecule has 5 rings (SSSR count). The first kappa shape index (κ1) is 15.4. The highest BCUT2D eigenvalue weighted by atomic mass is 32.1. The van der Waals surface area contributed by atoms with Gasteiger partial charge in [-0.15, -0.1) is 10.2 Å². The first-order valence-corrected chi connectivity index (χ1v) is 9.12. The molecule has 24 heavy (non-hydrogen) atoms. The smallest absolute Gasteiger partial charge is 0.249 e. The van der Waals surface area contributed by atoms with Crippen LogP contribution in [0.15, 0.2) is 17.7 Å². The molecule has 2 bridgehead atoms. The van der Waals surface area contributed by atoms with Crippen molar-refractivity contribution in [2.75, 3.05) is 5.32 Å². The number of anilines is 1. The third-order valence-corrected chi connectivity index (χ3v) is 5.99. The highest BCUT2D eigenvalue weighted by Gasteiger charge is 2.58. The summed E-state index contributed by atoms with van der Waals surface area (Å²) in [6, 6.07) is -0.793. The summed E-state index contributed by atoms with van der Waals surface area (Å²) in [5.74, 6) is -1.08. The lowest BCUT2D eigenvalue weighted by molar-refractivity contribution is -0.146. The lowest BCUT2D eigenvalue weighted by Gasteiger charge is -2.38. The summed E-state index contributed by atoms with van der Waals surface area (Å²) in [7, 11) is 0. The van der Waals surface area contributed by atoms with Crippen LogP contribution in [0.3, 0.4) is 0 Å². The lowest BCUT2D eigenvalue weighted by atomic mass is 9.63. The maximum Gasteiger partial charge on any atom is 0.249 e. The van der Waals surface area contributed by atoms with Crippen LogP contribution in [0.25, 0.3) is 0 Å². The highest BCUT2D eigenvalue weighted by Crippen LogP contribution is 2.50. The van der Waals surface area contributed by atoms with Gasteiger partial charge in [0.25, 0.3) is 0 Å². The number of hydrogen-bond acceptors (Lipinski definition) is 6. The van der Waals surface area contributed by atoms with Crippen molar-refractivity contribution in [2.45, 2.75) is 32.2 Å². The zero-order valence-electron chi connectivity index (χ0n) is 13.2. The first-order valence-electron chi connectivity index (χ1n) is 8.24. The summed E-state index contributed by atoms with van der Waals surface area (Å²) in [6.07, 6.45) is 6.43. The number of nitrogens with zero attached hydrogens (tertiary/aromatic N) is 3. The van der Waals surface area contributed by atoms with Crippen LogP contribution in [0, 0.1) is 23.7 Å². The molecule has 1 aromatic rings. The Hall–Kier alpha value is -2.09. The van der Waals surface area contributed by atoms with Gasteiger partial charge in [0.1, 0.15) is 11.6 Å². The number of carbonyl (C=O) groups excluding carboxylic acids is 3. The van der Waals surface area contributed by atoms with Crippen molar-refractivity contribution in [3.8, 4) is 0 Å². The van der Waals surface area contributed by atoms with Crippen LogP contribution in [0.4, 0.5) is 5.13 Å². The monoisotopic (exact) mass is 346 g/mol. The van der Waals surface area contributed by atoms with Crippen LogP contribution in [0.2, 0.25) is 0 Å². The molecule has 0 unspecified atom stereocenters. The number of fused-ring (bicyclic) bond motifs is 1. The number of imide groups is 1. The SMILES string of the molecule is CC[C@@H](C(=O)Nc1nncs1)N1C(=O)[C@@H]2[C@H](C1=O)[C@H]1C=C[C@H]2CC1. The van der Waals surface area contributed by atoms with Crippen molar-refractivity contribution in [2.24, 2.45) is 23.7 Å². The number of amides is 3. The molecule has 4 aliphatic rings. The number of nitrogens with one attached hydrogen (secondary N) is 1. The maximum absolute atomic E-state index is 12.9. The van der Waals surface area contributed by atoms with E-state index in [0.717, 1.165) is 12.8 Å². The summed E-state index contributed by atoms with van der Waals surface area (Å²) in [6.45, 7) is 1.81. The third-order valence-electron chi connectivity index (χ3n) is 5.38. The highest BCUT2D eigenvalue weighted by molar-refractivity contribution is 7.13. The molecular weight excluding hydrogens is 328 g/mol. The summed E-state index contributed by atoms with van der Waals surface area (Å²) < 4.78 is 0. The van der Waals surface area contributed by atoms with Gasteiger partial charge in [0.05, 0.1) is 11.8 Å². The normalized spacial score (nSPS) is 32.1. The van der Waals surface area contributed by atoms with Gasteiger partial charge < -0.3 is 0 Å². The van der Waals surface area contributed by atoms with Gasteiger partial charge in [-0.05, 0) is 31.1 Å². The van der Waals surface area contributed by atoms with Crippen LogP contribution >= 0.6 is 11.3 Å². The van der Waals surface area contributed by atoms with Crippen LogP contribution in [0.1, 0.15) is 26.2 Å². The Labute approximate surface area is 143 Å². The van der Waals surface area contributed by atoms with Crippen LogP contribution in [-0.4, -0.2) is 38.9 Å². The Morgan fingerprint density at radius 1 is 1.29 bits per heavy atom. The van der Waals surface area contributed by atoms with Crippen molar-refractivity contribution >= 4 is 34.2 Å².